The minimum atomic E-state index is -0.495. The Morgan fingerprint density at radius 2 is 1.35 bits per heavy atom. The van der Waals surface area contributed by atoms with Crippen LogP contribution in [0.25, 0.3) is 10.8 Å². The van der Waals surface area contributed by atoms with Crippen molar-refractivity contribution in [3.63, 3.8) is 0 Å². The second-order valence-corrected chi connectivity index (χ2v) is 9.99. The molecule has 0 aliphatic heterocycles. The first kappa shape index (κ1) is 22.5. The zero-order valence-corrected chi connectivity index (χ0v) is 19.2. The summed E-state index contributed by atoms with van der Waals surface area (Å²) in [5, 5.41) is 4.93. The topological polar surface area (TPSA) is 55.4 Å². The van der Waals surface area contributed by atoms with E-state index >= 15 is 0 Å². The Kier molecular flexibility index (Phi) is 6.21. The predicted molar refractivity (Wildman–Crippen MR) is 127 cm³/mol. The fourth-order valence-electron chi connectivity index (χ4n) is 3.29. The largest absolute Gasteiger partial charge is 0.452 e. The summed E-state index contributed by atoms with van der Waals surface area (Å²) in [6.45, 7) is 12.3. The minimum Gasteiger partial charge on any atom is -0.452 e. The molecule has 0 fully saturated rings. The first-order valence-corrected chi connectivity index (χ1v) is 10.6. The minimum absolute atomic E-state index is 0.107. The zero-order valence-electron chi connectivity index (χ0n) is 19.2. The lowest BCUT2D eigenvalue weighted by molar-refractivity contribution is -0.119. The fraction of sp³-hybridized carbons (Fsp3) is 0.333. The lowest BCUT2D eigenvalue weighted by Gasteiger charge is -2.25. The van der Waals surface area contributed by atoms with Gasteiger partial charge in [-0.25, -0.2) is 4.79 Å². The monoisotopic (exact) mass is 417 g/mol. The van der Waals surface area contributed by atoms with Gasteiger partial charge in [-0.15, -0.1) is 0 Å². The molecule has 0 atom stereocenters. The van der Waals surface area contributed by atoms with Gasteiger partial charge in [0.25, 0.3) is 5.91 Å². The van der Waals surface area contributed by atoms with Gasteiger partial charge in [0.2, 0.25) is 0 Å². The van der Waals surface area contributed by atoms with Crippen LogP contribution in [0, 0.1) is 0 Å². The molecule has 0 aliphatic carbocycles. The van der Waals surface area contributed by atoms with E-state index in [1.807, 2.05) is 54.6 Å². The standard InChI is InChI=1S/C27H31NO3/c1-26(2,3)21-13-20(14-22(16-21)27(4,5)6)25(30)31-17-24(29)28-23-12-11-18-9-7-8-10-19(18)15-23/h7-16H,17H2,1-6H3,(H,28,29). The molecule has 3 rings (SSSR count). The van der Waals surface area contributed by atoms with Crippen molar-refractivity contribution in [3.05, 3.63) is 77.4 Å². The maximum Gasteiger partial charge on any atom is 0.338 e. The van der Waals surface area contributed by atoms with Crippen molar-refractivity contribution in [3.8, 4) is 0 Å². The van der Waals surface area contributed by atoms with Crippen molar-refractivity contribution >= 4 is 28.3 Å². The average molecular weight is 418 g/mol. The number of hydrogen-bond acceptors (Lipinski definition) is 3. The van der Waals surface area contributed by atoms with Crippen LogP contribution in [0.3, 0.4) is 0 Å². The van der Waals surface area contributed by atoms with Gasteiger partial charge in [-0.05, 0) is 57.0 Å². The molecule has 0 unspecified atom stereocenters. The van der Waals surface area contributed by atoms with Crippen LogP contribution in [-0.2, 0) is 20.4 Å². The molecule has 0 saturated heterocycles. The maximum atomic E-state index is 12.7. The van der Waals surface area contributed by atoms with E-state index in [0.29, 0.717) is 11.3 Å². The number of carbonyl (C=O) groups is 2. The highest BCUT2D eigenvalue weighted by Crippen LogP contribution is 2.30. The molecule has 3 aromatic rings. The molecule has 0 saturated carbocycles. The molecule has 4 nitrogen and oxygen atoms in total. The summed E-state index contributed by atoms with van der Waals surface area (Å²) < 4.78 is 5.33. The number of carbonyl (C=O) groups excluding carboxylic acids is 2. The third-order valence-electron chi connectivity index (χ3n) is 5.27. The van der Waals surface area contributed by atoms with Gasteiger partial charge in [0.15, 0.2) is 6.61 Å². The number of fused-ring (bicyclic) bond motifs is 1. The average Bonchev–Trinajstić information content (AvgIpc) is 2.70. The van der Waals surface area contributed by atoms with Crippen LogP contribution in [-0.4, -0.2) is 18.5 Å². The highest BCUT2D eigenvalue weighted by molar-refractivity contribution is 5.97. The number of nitrogens with one attached hydrogen (secondary N) is 1. The number of hydrogen-bond donors (Lipinski definition) is 1. The Hall–Kier alpha value is -3.14. The van der Waals surface area contributed by atoms with Crippen molar-refractivity contribution < 1.29 is 14.3 Å². The van der Waals surface area contributed by atoms with Crippen LogP contribution < -0.4 is 5.32 Å². The summed E-state index contributed by atoms with van der Waals surface area (Å²) in [6, 6.07) is 19.5. The normalized spacial score (nSPS) is 11.9. The van der Waals surface area contributed by atoms with Gasteiger partial charge in [-0.3, -0.25) is 4.79 Å². The molecule has 0 spiro atoms. The third kappa shape index (κ3) is 5.72. The molecule has 0 aliphatic rings. The van der Waals surface area contributed by atoms with Gasteiger partial charge in [0, 0.05) is 5.69 Å². The smallest absolute Gasteiger partial charge is 0.338 e. The van der Waals surface area contributed by atoms with E-state index in [1.54, 1.807) is 0 Å². The molecule has 3 aromatic carbocycles. The van der Waals surface area contributed by atoms with Crippen molar-refractivity contribution in [1.29, 1.82) is 0 Å². The van der Waals surface area contributed by atoms with E-state index in [1.165, 1.54) is 0 Å². The van der Waals surface area contributed by atoms with E-state index in [4.69, 9.17) is 4.74 Å². The fourth-order valence-corrected chi connectivity index (χ4v) is 3.29. The third-order valence-corrected chi connectivity index (χ3v) is 5.27. The van der Waals surface area contributed by atoms with Gasteiger partial charge >= 0.3 is 5.97 Å². The van der Waals surface area contributed by atoms with Crippen LogP contribution >= 0.6 is 0 Å². The van der Waals surface area contributed by atoms with Gasteiger partial charge in [-0.1, -0.05) is 77.9 Å². The van der Waals surface area contributed by atoms with Crippen LogP contribution in [0.5, 0.6) is 0 Å². The summed E-state index contributed by atoms with van der Waals surface area (Å²) in [6.07, 6.45) is 0. The first-order chi connectivity index (χ1) is 14.4. The van der Waals surface area contributed by atoms with E-state index in [9.17, 15) is 9.59 Å². The molecule has 0 aromatic heterocycles. The van der Waals surface area contributed by atoms with E-state index < -0.39 is 5.97 Å². The summed E-state index contributed by atoms with van der Waals surface area (Å²) in [4.78, 5) is 25.1. The maximum absolute atomic E-state index is 12.7. The van der Waals surface area contributed by atoms with Gasteiger partial charge < -0.3 is 10.1 Å². The number of ether oxygens (including phenoxy) is 1. The molecule has 4 heteroatoms. The van der Waals surface area contributed by atoms with Crippen molar-refractivity contribution in [2.45, 2.75) is 52.4 Å². The van der Waals surface area contributed by atoms with E-state index in [-0.39, 0.29) is 23.3 Å². The molecule has 31 heavy (non-hydrogen) atoms. The van der Waals surface area contributed by atoms with Gasteiger partial charge in [0.05, 0.1) is 5.56 Å². The Morgan fingerprint density at radius 1 is 0.774 bits per heavy atom. The van der Waals surface area contributed by atoms with Crippen molar-refractivity contribution in [2.75, 3.05) is 11.9 Å². The molecule has 1 N–H and O–H groups in total. The molecule has 1 amide bonds. The summed E-state index contributed by atoms with van der Waals surface area (Å²) in [5.41, 5.74) is 3.05. The van der Waals surface area contributed by atoms with Crippen molar-refractivity contribution in [2.24, 2.45) is 0 Å². The Labute approximate surface area is 184 Å². The zero-order chi connectivity index (χ0) is 22.8. The predicted octanol–water partition coefficient (Wildman–Crippen LogP) is 6.23. The lowest BCUT2D eigenvalue weighted by Crippen LogP contribution is -2.22. The van der Waals surface area contributed by atoms with Crippen LogP contribution in [0.1, 0.15) is 63.0 Å². The number of amides is 1. The molecule has 0 radical (unpaired) electrons. The first-order valence-electron chi connectivity index (χ1n) is 10.6. The second-order valence-electron chi connectivity index (χ2n) is 9.99. The van der Waals surface area contributed by atoms with Crippen LogP contribution in [0.2, 0.25) is 0 Å². The number of benzene rings is 3. The van der Waals surface area contributed by atoms with Gasteiger partial charge in [-0.2, -0.15) is 0 Å². The SMILES string of the molecule is CC(C)(C)c1cc(C(=O)OCC(=O)Nc2ccc3ccccc3c2)cc(C(C)(C)C)c1. The molecule has 162 valence electrons. The Balaban J connectivity index is 1.71. The summed E-state index contributed by atoms with van der Waals surface area (Å²) in [7, 11) is 0. The highest BCUT2D eigenvalue weighted by atomic mass is 16.5. The lowest BCUT2D eigenvalue weighted by atomic mass is 9.79. The molecular formula is C27H31NO3. The van der Waals surface area contributed by atoms with E-state index in [2.05, 4.69) is 52.9 Å². The Bertz CT molecular complexity index is 1090. The number of esters is 1. The van der Waals surface area contributed by atoms with E-state index in [0.717, 1.165) is 21.9 Å². The second kappa shape index (κ2) is 8.54. The van der Waals surface area contributed by atoms with Gasteiger partial charge in [0.1, 0.15) is 0 Å². The molecule has 0 bridgehead atoms. The quantitative estimate of drug-likeness (QED) is 0.512. The number of anilines is 1. The molecule has 0 heterocycles. The Morgan fingerprint density at radius 3 is 1.94 bits per heavy atom. The number of rotatable bonds is 4. The molecular weight excluding hydrogens is 386 g/mol. The van der Waals surface area contributed by atoms with Crippen LogP contribution in [0.4, 0.5) is 5.69 Å². The summed E-state index contributed by atoms with van der Waals surface area (Å²) >= 11 is 0. The van der Waals surface area contributed by atoms with Crippen LogP contribution in [0.15, 0.2) is 60.7 Å². The summed E-state index contributed by atoms with van der Waals surface area (Å²) in [5.74, 6) is -0.864. The van der Waals surface area contributed by atoms with Crippen molar-refractivity contribution in [1.82, 2.24) is 0 Å². The highest BCUT2D eigenvalue weighted by Gasteiger charge is 2.23.